The lowest BCUT2D eigenvalue weighted by Crippen LogP contribution is -2.46. The number of hydrogen-bond donors (Lipinski definition) is 1. The third-order valence-electron chi connectivity index (χ3n) is 5.32. The minimum atomic E-state index is -0.516. The molecular weight excluding hydrogens is 380 g/mol. The Morgan fingerprint density at radius 3 is 2.27 bits per heavy atom. The zero-order valence-corrected chi connectivity index (χ0v) is 19.5. The number of nitrogens with one attached hydrogen (secondary N) is 1. The molecule has 0 aromatic heterocycles. The molecule has 6 nitrogen and oxygen atoms in total. The first-order valence-corrected chi connectivity index (χ1v) is 11.2. The summed E-state index contributed by atoms with van der Waals surface area (Å²) < 4.78 is 10.6. The Balaban J connectivity index is 2.33. The minimum absolute atomic E-state index is 0.0438. The molecule has 2 amide bonds. The van der Waals surface area contributed by atoms with Crippen LogP contribution in [0.15, 0.2) is 18.2 Å². The summed E-state index contributed by atoms with van der Waals surface area (Å²) in [4.78, 5) is 26.3. The van der Waals surface area contributed by atoms with Gasteiger partial charge in [0.1, 0.15) is 6.04 Å². The Morgan fingerprint density at radius 1 is 1.00 bits per heavy atom. The lowest BCUT2D eigenvalue weighted by Gasteiger charge is -2.22. The van der Waals surface area contributed by atoms with E-state index in [1.165, 1.54) is 32.1 Å². The Hall–Kier alpha value is -2.24. The molecule has 0 heterocycles. The molecule has 0 radical (unpaired) electrons. The number of ether oxygens (including phenoxy) is 2. The molecule has 1 unspecified atom stereocenters. The number of amides is 2. The number of hydrogen-bond acceptors (Lipinski definition) is 4. The molecule has 1 atom stereocenters. The molecular formula is C24H40N2O4. The van der Waals surface area contributed by atoms with Crippen LogP contribution in [0.4, 0.5) is 0 Å². The van der Waals surface area contributed by atoms with E-state index in [0.717, 1.165) is 18.4 Å². The highest BCUT2D eigenvalue weighted by molar-refractivity contribution is 5.87. The average Bonchev–Trinajstić information content (AvgIpc) is 2.75. The van der Waals surface area contributed by atoms with Gasteiger partial charge in [0.2, 0.25) is 11.8 Å². The largest absolute Gasteiger partial charge is 0.493 e. The van der Waals surface area contributed by atoms with Gasteiger partial charge in [-0.3, -0.25) is 9.59 Å². The molecule has 0 aliphatic heterocycles. The number of likely N-dealkylation sites (N-methyl/N-ethyl adjacent to an activating group) is 1. The first kappa shape index (κ1) is 25.8. The predicted octanol–water partition coefficient (Wildman–Crippen LogP) is 4.35. The van der Waals surface area contributed by atoms with E-state index in [2.05, 4.69) is 12.2 Å². The molecule has 6 heteroatoms. The highest BCUT2D eigenvalue weighted by Crippen LogP contribution is 2.27. The predicted molar refractivity (Wildman–Crippen MR) is 121 cm³/mol. The molecule has 0 aliphatic carbocycles. The lowest BCUT2D eigenvalue weighted by atomic mass is 10.1. The fraction of sp³-hybridized carbons (Fsp3) is 0.667. The van der Waals surface area contributed by atoms with Gasteiger partial charge in [0.25, 0.3) is 0 Å². The van der Waals surface area contributed by atoms with E-state index < -0.39 is 6.04 Å². The van der Waals surface area contributed by atoms with Crippen LogP contribution in [0.2, 0.25) is 0 Å². The fourth-order valence-corrected chi connectivity index (χ4v) is 3.39. The van der Waals surface area contributed by atoms with E-state index in [4.69, 9.17) is 9.47 Å². The summed E-state index contributed by atoms with van der Waals surface area (Å²) in [5, 5.41) is 2.84. The van der Waals surface area contributed by atoms with E-state index in [-0.39, 0.29) is 11.8 Å². The molecule has 0 aliphatic rings. The third-order valence-corrected chi connectivity index (χ3v) is 5.32. The van der Waals surface area contributed by atoms with E-state index in [1.807, 2.05) is 18.2 Å². The Bertz CT molecular complexity index is 648. The third kappa shape index (κ3) is 9.51. The van der Waals surface area contributed by atoms with Crippen LogP contribution in [0.5, 0.6) is 11.5 Å². The van der Waals surface area contributed by atoms with Crippen LogP contribution in [0, 0.1) is 0 Å². The smallest absolute Gasteiger partial charge is 0.244 e. The summed E-state index contributed by atoms with van der Waals surface area (Å²) >= 11 is 0. The van der Waals surface area contributed by atoms with Crippen molar-refractivity contribution < 1.29 is 19.1 Å². The van der Waals surface area contributed by atoms with Crippen LogP contribution in [0.3, 0.4) is 0 Å². The second-order valence-electron chi connectivity index (χ2n) is 7.86. The zero-order chi connectivity index (χ0) is 22.4. The molecule has 1 rings (SSSR count). The molecule has 0 spiro atoms. The van der Waals surface area contributed by atoms with Gasteiger partial charge in [-0.05, 0) is 37.5 Å². The highest BCUT2D eigenvalue weighted by atomic mass is 16.5. The van der Waals surface area contributed by atoms with Gasteiger partial charge in [0.05, 0.1) is 14.2 Å². The van der Waals surface area contributed by atoms with Crippen LogP contribution >= 0.6 is 0 Å². The van der Waals surface area contributed by atoms with Gasteiger partial charge in [0.15, 0.2) is 11.5 Å². The maximum atomic E-state index is 12.6. The molecule has 1 N–H and O–H groups in total. The van der Waals surface area contributed by atoms with Crippen molar-refractivity contribution >= 4 is 11.8 Å². The van der Waals surface area contributed by atoms with Gasteiger partial charge in [0, 0.05) is 20.0 Å². The lowest BCUT2D eigenvalue weighted by molar-refractivity contribution is -0.134. The van der Waals surface area contributed by atoms with Gasteiger partial charge in [-0.15, -0.1) is 0 Å². The van der Waals surface area contributed by atoms with Crippen LogP contribution in [0.25, 0.3) is 0 Å². The van der Waals surface area contributed by atoms with Crippen molar-refractivity contribution in [3.8, 4) is 11.5 Å². The first-order valence-electron chi connectivity index (χ1n) is 11.2. The van der Waals surface area contributed by atoms with Gasteiger partial charge in [-0.1, -0.05) is 51.5 Å². The monoisotopic (exact) mass is 420 g/mol. The standard InChI is InChI=1S/C24H40N2O4/c1-6-7-8-9-10-11-12-13-23(27)25-19(2)24(28)26(3)17-16-20-14-15-21(29-4)22(18-20)30-5/h14-15,18-19H,6-13,16-17H2,1-5H3,(H,25,27). The molecule has 30 heavy (non-hydrogen) atoms. The fourth-order valence-electron chi connectivity index (χ4n) is 3.39. The zero-order valence-electron chi connectivity index (χ0n) is 19.5. The Kier molecular flexibility index (Phi) is 12.6. The van der Waals surface area contributed by atoms with Crippen molar-refractivity contribution in [1.29, 1.82) is 0 Å². The summed E-state index contributed by atoms with van der Waals surface area (Å²) in [5.41, 5.74) is 1.06. The van der Waals surface area contributed by atoms with Crippen LogP contribution < -0.4 is 14.8 Å². The number of rotatable bonds is 15. The molecule has 170 valence electrons. The van der Waals surface area contributed by atoms with E-state index >= 15 is 0 Å². The SMILES string of the molecule is CCCCCCCCCC(=O)NC(C)C(=O)N(C)CCc1ccc(OC)c(OC)c1. The van der Waals surface area contributed by atoms with E-state index in [9.17, 15) is 9.59 Å². The van der Waals surface area contributed by atoms with Crippen molar-refractivity contribution in [3.63, 3.8) is 0 Å². The van der Waals surface area contributed by atoms with Gasteiger partial charge in [-0.25, -0.2) is 0 Å². The number of carbonyl (C=O) groups is 2. The van der Waals surface area contributed by atoms with E-state index in [0.29, 0.717) is 30.9 Å². The molecule has 0 saturated carbocycles. The van der Waals surface area contributed by atoms with Gasteiger partial charge >= 0.3 is 0 Å². The van der Waals surface area contributed by atoms with Gasteiger partial charge in [-0.2, -0.15) is 0 Å². The van der Waals surface area contributed by atoms with Crippen molar-refractivity contribution in [2.45, 2.75) is 77.7 Å². The summed E-state index contributed by atoms with van der Waals surface area (Å²) in [6, 6.07) is 5.23. The molecule has 1 aromatic rings. The minimum Gasteiger partial charge on any atom is -0.493 e. The highest BCUT2D eigenvalue weighted by Gasteiger charge is 2.19. The summed E-state index contributed by atoms with van der Waals surface area (Å²) in [6.07, 6.45) is 9.39. The van der Waals surface area contributed by atoms with Crippen LogP contribution in [-0.2, 0) is 16.0 Å². The number of unbranched alkanes of at least 4 members (excludes halogenated alkanes) is 6. The van der Waals surface area contributed by atoms with Crippen molar-refractivity contribution in [2.24, 2.45) is 0 Å². The van der Waals surface area contributed by atoms with Crippen molar-refractivity contribution in [3.05, 3.63) is 23.8 Å². The van der Waals surface area contributed by atoms with Crippen molar-refractivity contribution in [1.82, 2.24) is 10.2 Å². The second-order valence-corrected chi connectivity index (χ2v) is 7.86. The van der Waals surface area contributed by atoms with Crippen LogP contribution in [-0.4, -0.2) is 50.6 Å². The number of carbonyl (C=O) groups excluding carboxylic acids is 2. The molecule has 0 fully saturated rings. The second kappa shape index (κ2) is 14.7. The summed E-state index contributed by atoms with van der Waals surface area (Å²) in [7, 11) is 4.98. The Morgan fingerprint density at radius 2 is 1.63 bits per heavy atom. The topological polar surface area (TPSA) is 67.9 Å². The maximum absolute atomic E-state index is 12.6. The first-order chi connectivity index (χ1) is 14.4. The molecule has 1 aromatic carbocycles. The number of methoxy groups -OCH3 is 2. The summed E-state index contributed by atoms with van der Waals surface area (Å²) in [5.74, 6) is 1.24. The van der Waals surface area contributed by atoms with Crippen LogP contribution in [0.1, 0.15) is 70.8 Å². The molecule has 0 bridgehead atoms. The van der Waals surface area contributed by atoms with E-state index in [1.54, 1.807) is 33.1 Å². The quantitative estimate of drug-likeness (QED) is 0.428. The maximum Gasteiger partial charge on any atom is 0.244 e. The normalized spacial score (nSPS) is 11.6. The summed E-state index contributed by atoms with van der Waals surface area (Å²) in [6.45, 7) is 4.52. The Labute approximate surface area is 182 Å². The molecule has 0 saturated heterocycles. The number of nitrogens with zero attached hydrogens (tertiary/aromatic N) is 1. The average molecular weight is 421 g/mol. The van der Waals surface area contributed by atoms with Crippen molar-refractivity contribution in [2.75, 3.05) is 27.8 Å². The number of benzene rings is 1. The van der Waals surface area contributed by atoms with Gasteiger partial charge < -0.3 is 19.7 Å².